The summed E-state index contributed by atoms with van der Waals surface area (Å²) in [5, 5.41) is 21.1. The number of benzene rings is 2. The maximum Gasteiger partial charge on any atom is 0.337 e. The third kappa shape index (κ3) is 2.90. The van der Waals surface area contributed by atoms with E-state index < -0.39 is 5.97 Å². The third-order valence-electron chi connectivity index (χ3n) is 2.66. The largest absolute Gasteiger partial charge is 0.478 e. The van der Waals surface area contributed by atoms with E-state index in [9.17, 15) is 4.79 Å². The number of aromatic carboxylic acids is 1. The number of nitriles is 1. The monoisotopic (exact) mass is 331 g/mol. The summed E-state index contributed by atoms with van der Waals surface area (Å²) >= 11 is 3.32. The Hall–Kier alpha value is -2.52. The fraction of sp³-hybridized carbons (Fsp3) is 0. The molecule has 0 amide bonds. The molecule has 2 aromatic carbocycles. The number of anilines is 3. The van der Waals surface area contributed by atoms with Crippen molar-refractivity contribution in [2.24, 2.45) is 0 Å². The summed E-state index contributed by atoms with van der Waals surface area (Å²) in [4.78, 5) is 11.0. The van der Waals surface area contributed by atoms with Gasteiger partial charge in [0, 0.05) is 15.8 Å². The van der Waals surface area contributed by atoms with Gasteiger partial charge < -0.3 is 16.2 Å². The van der Waals surface area contributed by atoms with Crippen molar-refractivity contribution in [3.63, 3.8) is 0 Å². The lowest BCUT2D eigenvalue weighted by Gasteiger charge is -2.10. The van der Waals surface area contributed by atoms with Gasteiger partial charge in [0.1, 0.15) is 6.07 Å². The molecule has 2 rings (SSSR count). The molecule has 0 unspecified atom stereocenters. The van der Waals surface area contributed by atoms with Crippen molar-refractivity contribution in [2.75, 3.05) is 11.1 Å². The van der Waals surface area contributed by atoms with Gasteiger partial charge in [0.25, 0.3) is 0 Å². The molecule has 0 bridgehead atoms. The lowest BCUT2D eigenvalue weighted by atomic mass is 10.1. The standard InChI is InChI=1S/C14H10BrN3O2/c15-9-2-1-8(7-16)13(5-9)18-10-3-4-12(17)11(6-10)14(19)20/h1-6,18H,17H2,(H,19,20). The molecule has 0 spiro atoms. The summed E-state index contributed by atoms with van der Waals surface area (Å²) in [6.07, 6.45) is 0. The number of nitrogen functional groups attached to an aromatic ring is 1. The van der Waals surface area contributed by atoms with E-state index in [1.54, 1.807) is 24.3 Å². The average molecular weight is 332 g/mol. The fourth-order valence-electron chi connectivity index (χ4n) is 1.69. The minimum atomic E-state index is -1.10. The van der Waals surface area contributed by atoms with Crippen LogP contribution in [0.3, 0.4) is 0 Å². The molecule has 6 heteroatoms. The van der Waals surface area contributed by atoms with Crippen molar-refractivity contribution < 1.29 is 9.90 Å². The number of nitrogens with zero attached hydrogens (tertiary/aromatic N) is 1. The Morgan fingerprint density at radius 1 is 1.30 bits per heavy atom. The zero-order valence-electron chi connectivity index (χ0n) is 10.2. The highest BCUT2D eigenvalue weighted by molar-refractivity contribution is 9.10. The molecule has 20 heavy (non-hydrogen) atoms. The summed E-state index contributed by atoms with van der Waals surface area (Å²) in [7, 11) is 0. The molecule has 5 nitrogen and oxygen atoms in total. The maximum absolute atomic E-state index is 11.0. The average Bonchev–Trinajstić information content (AvgIpc) is 2.41. The summed E-state index contributed by atoms with van der Waals surface area (Å²) in [6.45, 7) is 0. The van der Waals surface area contributed by atoms with Crippen molar-refractivity contribution in [1.82, 2.24) is 0 Å². The van der Waals surface area contributed by atoms with Crippen LogP contribution in [0.4, 0.5) is 17.1 Å². The van der Waals surface area contributed by atoms with Crippen LogP contribution in [0, 0.1) is 11.3 Å². The topological polar surface area (TPSA) is 99.1 Å². The molecule has 0 aliphatic heterocycles. The van der Waals surface area contributed by atoms with Gasteiger partial charge in [0.05, 0.1) is 16.8 Å². The molecule has 2 aromatic rings. The highest BCUT2D eigenvalue weighted by atomic mass is 79.9. The first kappa shape index (κ1) is 13.9. The molecule has 0 aliphatic carbocycles. The van der Waals surface area contributed by atoms with E-state index >= 15 is 0 Å². The zero-order chi connectivity index (χ0) is 14.7. The maximum atomic E-state index is 11.0. The van der Waals surface area contributed by atoms with Gasteiger partial charge in [-0.15, -0.1) is 0 Å². The van der Waals surface area contributed by atoms with Crippen LogP contribution < -0.4 is 11.1 Å². The third-order valence-corrected chi connectivity index (χ3v) is 3.16. The van der Waals surface area contributed by atoms with Gasteiger partial charge in [-0.3, -0.25) is 0 Å². The van der Waals surface area contributed by atoms with Gasteiger partial charge in [0.2, 0.25) is 0 Å². The first-order valence-electron chi connectivity index (χ1n) is 5.61. The van der Waals surface area contributed by atoms with Gasteiger partial charge in [-0.05, 0) is 36.4 Å². The SMILES string of the molecule is N#Cc1ccc(Br)cc1Nc1ccc(N)c(C(=O)O)c1. The molecule has 0 aliphatic rings. The number of hydrogen-bond donors (Lipinski definition) is 3. The summed E-state index contributed by atoms with van der Waals surface area (Å²) in [6, 6.07) is 11.8. The number of hydrogen-bond acceptors (Lipinski definition) is 4. The number of nitrogens with one attached hydrogen (secondary N) is 1. The minimum Gasteiger partial charge on any atom is -0.478 e. The second kappa shape index (κ2) is 5.63. The Morgan fingerprint density at radius 3 is 2.70 bits per heavy atom. The van der Waals surface area contributed by atoms with Crippen LogP contribution in [0.15, 0.2) is 40.9 Å². The Morgan fingerprint density at radius 2 is 2.05 bits per heavy atom. The van der Waals surface area contributed by atoms with Crippen molar-refractivity contribution in [1.29, 1.82) is 5.26 Å². The molecule has 100 valence electrons. The normalized spacial score (nSPS) is 9.80. The van der Waals surface area contributed by atoms with Crippen molar-refractivity contribution in [3.8, 4) is 6.07 Å². The number of carbonyl (C=O) groups is 1. The summed E-state index contributed by atoms with van der Waals surface area (Å²) < 4.78 is 0.813. The molecule has 0 radical (unpaired) electrons. The highest BCUT2D eigenvalue weighted by Gasteiger charge is 2.10. The molecule has 0 heterocycles. The molecular weight excluding hydrogens is 322 g/mol. The van der Waals surface area contributed by atoms with Crippen LogP contribution in [0.25, 0.3) is 0 Å². The second-order valence-corrected chi connectivity index (χ2v) is 4.95. The molecule has 0 saturated carbocycles. The van der Waals surface area contributed by atoms with Gasteiger partial charge in [-0.1, -0.05) is 15.9 Å². The number of rotatable bonds is 3. The Balaban J connectivity index is 2.40. The fourth-order valence-corrected chi connectivity index (χ4v) is 2.05. The number of carboxylic acids is 1. The van der Waals surface area contributed by atoms with Crippen molar-refractivity contribution in [3.05, 3.63) is 52.0 Å². The Kier molecular flexibility index (Phi) is 3.91. The summed E-state index contributed by atoms with van der Waals surface area (Å²) in [5.74, 6) is -1.10. The lowest BCUT2D eigenvalue weighted by molar-refractivity contribution is 0.0698. The van der Waals surface area contributed by atoms with Crippen molar-refractivity contribution >= 4 is 39.0 Å². The van der Waals surface area contributed by atoms with Gasteiger partial charge >= 0.3 is 5.97 Å². The smallest absolute Gasteiger partial charge is 0.337 e. The highest BCUT2D eigenvalue weighted by Crippen LogP contribution is 2.26. The van der Waals surface area contributed by atoms with Gasteiger partial charge in [-0.25, -0.2) is 4.79 Å². The molecule has 0 atom stereocenters. The Bertz CT molecular complexity index is 723. The second-order valence-electron chi connectivity index (χ2n) is 4.03. The van der Waals surface area contributed by atoms with E-state index in [0.717, 1.165) is 4.47 Å². The molecule has 0 saturated heterocycles. The van der Waals surface area contributed by atoms with Crippen LogP contribution in [-0.4, -0.2) is 11.1 Å². The minimum absolute atomic E-state index is 0.0171. The van der Waals surface area contributed by atoms with E-state index in [1.807, 2.05) is 0 Å². The van der Waals surface area contributed by atoms with Crippen molar-refractivity contribution in [2.45, 2.75) is 0 Å². The van der Waals surface area contributed by atoms with E-state index in [2.05, 4.69) is 27.3 Å². The van der Waals surface area contributed by atoms with Gasteiger partial charge in [0.15, 0.2) is 0 Å². The van der Waals surface area contributed by atoms with Crippen LogP contribution in [0.5, 0.6) is 0 Å². The van der Waals surface area contributed by atoms with E-state index in [0.29, 0.717) is 16.9 Å². The first-order valence-corrected chi connectivity index (χ1v) is 6.40. The van der Waals surface area contributed by atoms with E-state index in [4.69, 9.17) is 16.1 Å². The molecule has 4 N–H and O–H groups in total. The van der Waals surface area contributed by atoms with Crippen LogP contribution in [-0.2, 0) is 0 Å². The van der Waals surface area contributed by atoms with E-state index in [-0.39, 0.29) is 11.3 Å². The quantitative estimate of drug-likeness (QED) is 0.749. The summed E-state index contributed by atoms with van der Waals surface area (Å²) in [5.41, 5.74) is 7.40. The lowest BCUT2D eigenvalue weighted by Crippen LogP contribution is -2.03. The predicted molar refractivity (Wildman–Crippen MR) is 80.0 cm³/mol. The van der Waals surface area contributed by atoms with E-state index in [1.165, 1.54) is 12.1 Å². The number of halogens is 1. The van der Waals surface area contributed by atoms with Crippen LogP contribution in [0.1, 0.15) is 15.9 Å². The Labute approximate surface area is 123 Å². The number of carboxylic acid groups (broad SMARTS) is 1. The molecule has 0 aromatic heterocycles. The first-order chi connectivity index (χ1) is 9.51. The van der Waals surface area contributed by atoms with Crippen LogP contribution >= 0.6 is 15.9 Å². The molecule has 0 fully saturated rings. The van der Waals surface area contributed by atoms with Gasteiger partial charge in [-0.2, -0.15) is 5.26 Å². The predicted octanol–water partition coefficient (Wildman–Crippen LogP) is 3.34. The molecular formula is C14H10BrN3O2. The van der Waals surface area contributed by atoms with Crippen LogP contribution in [0.2, 0.25) is 0 Å². The zero-order valence-corrected chi connectivity index (χ0v) is 11.8. The number of nitrogens with two attached hydrogens (primary N) is 1.